The first-order valence-corrected chi connectivity index (χ1v) is 10.1. The van der Waals surface area contributed by atoms with Crippen LogP contribution in [0.5, 0.6) is 0 Å². The lowest BCUT2D eigenvalue weighted by Gasteiger charge is -2.32. The number of fused-ring (bicyclic) bond motifs is 1. The molecule has 2 aromatic carbocycles. The van der Waals surface area contributed by atoms with Crippen LogP contribution in [-0.4, -0.2) is 27.7 Å². The zero-order chi connectivity index (χ0) is 19.8. The predicted octanol–water partition coefficient (Wildman–Crippen LogP) is 5.44. The first-order valence-electron chi connectivity index (χ1n) is 10.1. The minimum absolute atomic E-state index is 0.245. The van der Waals surface area contributed by atoms with Gasteiger partial charge in [-0.1, -0.05) is 37.3 Å². The van der Waals surface area contributed by atoms with E-state index < -0.39 is 0 Å². The number of aromatic nitrogens is 3. The lowest BCUT2D eigenvalue weighted by atomic mass is 10.0. The van der Waals surface area contributed by atoms with Crippen LogP contribution in [-0.2, 0) is 0 Å². The summed E-state index contributed by atoms with van der Waals surface area (Å²) in [5.74, 6) is 1.47. The molecule has 0 aliphatic carbocycles. The summed E-state index contributed by atoms with van der Waals surface area (Å²) in [6, 6.07) is 20.8. The van der Waals surface area contributed by atoms with Crippen molar-refractivity contribution in [3.8, 4) is 22.5 Å². The molecule has 2 aromatic heterocycles. The Morgan fingerprint density at radius 1 is 0.931 bits per heavy atom. The Labute approximate surface area is 169 Å². The van der Waals surface area contributed by atoms with E-state index in [2.05, 4.69) is 30.0 Å². The summed E-state index contributed by atoms with van der Waals surface area (Å²) >= 11 is 0. The monoisotopic (exact) mass is 386 g/mol. The van der Waals surface area contributed by atoms with Crippen molar-refractivity contribution < 1.29 is 4.39 Å². The molecule has 146 valence electrons. The Bertz CT molecular complexity index is 1130. The van der Waals surface area contributed by atoms with Crippen LogP contribution in [0.3, 0.4) is 0 Å². The highest BCUT2D eigenvalue weighted by Crippen LogP contribution is 2.30. The van der Waals surface area contributed by atoms with Gasteiger partial charge in [0.2, 0.25) is 0 Å². The molecule has 0 amide bonds. The molecule has 4 aromatic rings. The molecule has 3 heterocycles. The van der Waals surface area contributed by atoms with Crippen molar-refractivity contribution in [2.24, 2.45) is 5.92 Å². The highest BCUT2D eigenvalue weighted by Gasteiger charge is 2.21. The zero-order valence-electron chi connectivity index (χ0n) is 16.4. The molecule has 29 heavy (non-hydrogen) atoms. The first kappa shape index (κ1) is 17.9. The van der Waals surface area contributed by atoms with Crippen molar-refractivity contribution in [3.05, 3.63) is 72.5 Å². The van der Waals surface area contributed by atoms with E-state index >= 15 is 0 Å². The average Bonchev–Trinajstić information content (AvgIpc) is 3.18. The largest absolute Gasteiger partial charge is 0.356 e. The van der Waals surface area contributed by atoms with Crippen LogP contribution >= 0.6 is 0 Å². The van der Waals surface area contributed by atoms with E-state index in [1.165, 1.54) is 25.0 Å². The molecule has 0 bridgehead atoms. The van der Waals surface area contributed by atoms with Gasteiger partial charge in [0.05, 0.1) is 11.4 Å². The SMILES string of the molecule is C[C@H]1CCCN(c2cc(-c3ccccc3)nc3cc(-c4ccc(F)cc4)nn23)C1. The summed E-state index contributed by atoms with van der Waals surface area (Å²) in [7, 11) is 0. The summed E-state index contributed by atoms with van der Waals surface area (Å²) in [5, 5.41) is 4.84. The van der Waals surface area contributed by atoms with Crippen LogP contribution in [0.2, 0.25) is 0 Å². The highest BCUT2D eigenvalue weighted by molar-refractivity contribution is 5.71. The van der Waals surface area contributed by atoms with Crippen molar-refractivity contribution in [3.63, 3.8) is 0 Å². The Kier molecular flexibility index (Phi) is 4.51. The van der Waals surface area contributed by atoms with Gasteiger partial charge < -0.3 is 4.90 Å². The maximum atomic E-state index is 13.3. The minimum Gasteiger partial charge on any atom is -0.356 e. The third-order valence-corrected chi connectivity index (χ3v) is 5.60. The van der Waals surface area contributed by atoms with Crippen molar-refractivity contribution in [2.75, 3.05) is 18.0 Å². The average molecular weight is 386 g/mol. The maximum Gasteiger partial charge on any atom is 0.158 e. The van der Waals surface area contributed by atoms with Crippen LogP contribution in [0.15, 0.2) is 66.7 Å². The molecule has 1 fully saturated rings. The summed E-state index contributed by atoms with van der Waals surface area (Å²) in [4.78, 5) is 7.30. The van der Waals surface area contributed by atoms with E-state index in [-0.39, 0.29) is 5.82 Å². The molecule has 4 nitrogen and oxygen atoms in total. The number of benzene rings is 2. The van der Waals surface area contributed by atoms with Crippen molar-refractivity contribution >= 4 is 11.5 Å². The van der Waals surface area contributed by atoms with E-state index in [0.29, 0.717) is 5.92 Å². The number of hydrogen-bond donors (Lipinski definition) is 0. The van der Waals surface area contributed by atoms with E-state index in [0.717, 1.165) is 47.1 Å². The molecule has 0 spiro atoms. The Balaban J connectivity index is 1.67. The molecule has 0 N–H and O–H groups in total. The van der Waals surface area contributed by atoms with Gasteiger partial charge in [-0.25, -0.2) is 9.37 Å². The molecule has 0 radical (unpaired) electrons. The lowest BCUT2D eigenvalue weighted by molar-refractivity contribution is 0.442. The van der Waals surface area contributed by atoms with Gasteiger partial charge in [0.1, 0.15) is 11.6 Å². The first-order chi connectivity index (χ1) is 14.2. The third-order valence-electron chi connectivity index (χ3n) is 5.60. The van der Waals surface area contributed by atoms with E-state index in [4.69, 9.17) is 10.1 Å². The van der Waals surface area contributed by atoms with Gasteiger partial charge in [-0.3, -0.25) is 0 Å². The second-order valence-electron chi connectivity index (χ2n) is 7.87. The Morgan fingerprint density at radius 3 is 2.45 bits per heavy atom. The fourth-order valence-electron chi connectivity index (χ4n) is 4.10. The zero-order valence-corrected chi connectivity index (χ0v) is 16.4. The number of halogens is 1. The maximum absolute atomic E-state index is 13.3. The predicted molar refractivity (Wildman–Crippen MR) is 114 cm³/mol. The molecular formula is C24H23FN4. The van der Waals surface area contributed by atoms with Crippen LogP contribution in [0.1, 0.15) is 19.8 Å². The molecule has 1 aliphatic rings. The smallest absolute Gasteiger partial charge is 0.158 e. The fraction of sp³-hybridized carbons (Fsp3) is 0.250. The van der Waals surface area contributed by atoms with E-state index in [1.54, 1.807) is 12.1 Å². The fourth-order valence-corrected chi connectivity index (χ4v) is 4.10. The normalized spacial score (nSPS) is 17.0. The van der Waals surface area contributed by atoms with Gasteiger partial charge >= 0.3 is 0 Å². The number of nitrogens with zero attached hydrogens (tertiary/aromatic N) is 4. The number of piperidine rings is 1. The topological polar surface area (TPSA) is 33.4 Å². The molecule has 1 atom stereocenters. The number of hydrogen-bond acceptors (Lipinski definition) is 3. The van der Waals surface area contributed by atoms with Gasteiger partial charge in [0.15, 0.2) is 5.65 Å². The third kappa shape index (κ3) is 3.48. The quantitative estimate of drug-likeness (QED) is 0.470. The van der Waals surface area contributed by atoms with Crippen LogP contribution in [0.25, 0.3) is 28.2 Å². The minimum atomic E-state index is -0.245. The summed E-state index contributed by atoms with van der Waals surface area (Å²) in [5.41, 5.74) is 4.52. The Hall–Kier alpha value is -3.21. The van der Waals surface area contributed by atoms with E-state index in [9.17, 15) is 4.39 Å². The lowest BCUT2D eigenvalue weighted by Crippen LogP contribution is -2.35. The molecular weight excluding hydrogens is 363 g/mol. The molecule has 0 saturated carbocycles. The van der Waals surface area contributed by atoms with Gasteiger partial charge in [0.25, 0.3) is 0 Å². The molecule has 5 heteroatoms. The molecule has 1 aliphatic heterocycles. The van der Waals surface area contributed by atoms with Gasteiger partial charge in [-0.2, -0.15) is 9.61 Å². The summed E-state index contributed by atoms with van der Waals surface area (Å²) < 4.78 is 15.3. The van der Waals surface area contributed by atoms with Crippen molar-refractivity contribution in [1.29, 1.82) is 0 Å². The van der Waals surface area contributed by atoms with Crippen LogP contribution in [0.4, 0.5) is 10.2 Å². The molecule has 0 unspecified atom stereocenters. The van der Waals surface area contributed by atoms with Gasteiger partial charge in [-0.15, -0.1) is 0 Å². The van der Waals surface area contributed by atoms with Gasteiger partial charge in [-0.05, 0) is 43.0 Å². The molecule has 1 saturated heterocycles. The number of rotatable bonds is 3. The summed E-state index contributed by atoms with van der Waals surface area (Å²) in [6.45, 7) is 4.33. The van der Waals surface area contributed by atoms with Crippen molar-refractivity contribution in [2.45, 2.75) is 19.8 Å². The van der Waals surface area contributed by atoms with Crippen LogP contribution < -0.4 is 4.90 Å². The summed E-state index contributed by atoms with van der Waals surface area (Å²) in [6.07, 6.45) is 2.44. The second kappa shape index (κ2) is 7.32. The second-order valence-corrected chi connectivity index (χ2v) is 7.87. The Morgan fingerprint density at radius 2 is 1.69 bits per heavy atom. The standard InChI is InChI=1S/C24H23FN4/c1-17-6-5-13-28(16-17)24-15-21(18-7-3-2-4-8-18)26-23-14-22(27-29(23)24)19-9-11-20(25)12-10-19/h2-4,7-12,14-15,17H,5-6,13,16H2,1H3/t17-/m0/s1. The van der Waals surface area contributed by atoms with Gasteiger partial charge in [0, 0.05) is 36.3 Å². The highest BCUT2D eigenvalue weighted by atomic mass is 19.1. The number of anilines is 1. The van der Waals surface area contributed by atoms with E-state index in [1.807, 2.05) is 28.8 Å². The van der Waals surface area contributed by atoms with Crippen LogP contribution in [0, 0.1) is 11.7 Å². The van der Waals surface area contributed by atoms with Crippen molar-refractivity contribution in [1.82, 2.24) is 14.6 Å². The molecule has 5 rings (SSSR count).